The number of cyclic esters (lactones) is 2. The molecule has 0 aromatic carbocycles. The van der Waals surface area contributed by atoms with Crippen molar-refractivity contribution in [3.05, 3.63) is 10.5 Å². The topological polar surface area (TPSA) is 68.2 Å². The molecular weight excluding hydrogens is 280 g/mol. The fraction of sp³-hybridized carbons (Fsp3) is 0.615. The molecule has 110 valence electrons. The van der Waals surface area contributed by atoms with Crippen molar-refractivity contribution in [1.82, 2.24) is 4.41 Å². The van der Waals surface area contributed by atoms with Crippen LogP contribution in [0.25, 0.3) is 0 Å². The first-order chi connectivity index (χ1) is 9.01. The summed E-state index contributed by atoms with van der Waals surface area (Å²) in [6, 6.07) is 0. The molecule has 0 aromatic heterocycles. The summed E-state index contributed by atoms with van der Waals surface area (Å²) in [7, 11) is 1.76. The molecule has 0 aromatic rings. The smallest absolute Gasteiger partial charge is 0.350 e. The zero-order valence-electron chi connectivity index (χ0n) is 12.4. The van der Waals surface area contributed by atoms with Crippen molar-refractivity contribution in [2.24, 2.45) is 10.5 Å². The number of hydrogen-bond donors (Lipinski definition) is 0. The van der Waals surface area contributed by atoms with Crippen molar-refractivity contribution in [2.45, 2.75) is 40.4 Å². The molecule has 0 spiro atoms. The molecule has 0 radical (unpaired) electrons. The summed E-state index contributed by atoms with van der Waals surface area (Å²) in [4.78, 5) is 24.7. The summed E-state index contributed by atoms with van der Waals surface area (Å²) in [5.74, 6) is -2.56. The maximum absolute atomic E-state index is 12.1. The Morgan fingerprint density at radius 1 is 1.15 bits per heavy atom. The first kappa shape index (κ1) is 14.9. The van der Waals surface area contributed by atoms with Gasteiger partial charge in [0.1, 0.15) is 0 Å². The Bertz CT molecular complexity index is 521. The predicted octanol–water partition coefficient (Wildman–Crippen LogP) is 2.07. The van der Waals surface area contributed by atoms with Gasteiger partial charge in [0.25, 0.3) is 5.79 Å². The number of carbonyl (C=O) groups excluding carboxylic acids is 2. The number of carbonyl (C=O) groups is 2. The number of esters is 2. The molecule has 0 bridgehead atoms. The van der Waals surface area contributed by atoms with Crippen LogP contribution in [0.4, 0.5) is 0 Å². The lowest BCUT2D eigenvalue weighted by molar-refractivity contribution is -0.222. The Kier molecular flexibility index (Phi) is 3.36. The molecule has 6 nitrogen and oxygen atoms in total. The average molecular weight is 298 g/mol. The van der Waals surface area contributed by atoms with E-state index in [9.17, 15) is 9.59 Å². The third-order valence-electron chi connectivity index (χ3n) is 2.70. The van der Waals surface area contributed by atoms with Crippen LogP contribution in [0.5, 0.6) is 0 Å². The third-order valence-corrected chi connectivity index (χ3v) is 3.63. The van der Waals surface area contributed by atoms with E-state index in [-0.39, 0.29) is 11.0 Å². The van der Waals surface area contributed by atoms with E-state index in [1.54, 1.807) is 11.5 Å². The minimum absolute atomic E-state index is 0.0765. The minimum atomic E-state index is -1.23. The van der Waals surface area contributed by atoms with Gasteiger partial charge < -0.3 is 9.47 Å². The first-order valence-electron chi connectivity index (χ1n) is 6.23. The Morgan fingerprint density at radius 2 is 1.65 bits per heavy atom. The van der Waals surface area contributed by atoms with Gasteiger partial charge in [-0.05, 0) is 0 Å². The van der Waals surface area contributed by atoms with E-state index in [4.69, 9.17) is 9.47 Å². The van der Waals surface area contributed by atoms with Gasteiger partial charge >= 0.3 is 11.9 Å². The van der Waals surface area contributed by atoms with Crippen LogP contribution in [0.1, 0.15) is 34.6 Å². The standard InChI is InChI=1S/C13H18N2O4S/c1-12(2,3)9-8(20-15(6)14-9)7-10(16)18-13(4,5)19-11(7)17/h1-6H3. The van der Waals surface area contributed by atoms with Crippen molar-refractivity contribution in [2.75, 3.05) is 7.05 Å². The zero-order valence-corrected chi connectivity index (χ0v) is 13.3. The third kappa shape index (κ3) is 2.67. The summed E-state index contributed by atoms with van der Waals surface area (Å²) in [6.45, 7) is 8.95. The number of hydrogen-bond acceptors (Lipinski definition) is 7. The van der Waals surface area contributed by atoms with Crippen molar-refractivity contribution in [3.8, 4) is 0 Å². The lowest BCUT2D eigenvalue weighted by Gasteiger charge is -2.31. The molecule has 0 amide bonds. The lowest BCUT2D eigenvalue weighted by atomic mass is 9.88. The Morgan fingerprint density at radius 3 is 2.10 bits per heavy atom. The summed E-state index contributed by atoms with van der Waals surface area (Å²) < 4.78 is 11.9. The van der Waals surface area contributed by atoms with Gasteiger partial charge in [-0.1, -0.05) is 20.8 Å². The predicted molar refractivity (Wildman–Crippen MR) is 75.5 cm³/mol. The van der Waals surface area contributed by atoms with E-state index < -0.39 is 17.7 Å². The van der Waals surface area contributed by atoms with Crippen LogP contribution in [0.15, 0.2) is 15.6 Å². The molecule has 2 rings (SSSR count). The molecule has 7 heteroatoms. The van der Waals surface area contributed by atoms with Crippen LogP contribution >= 0.6 is 11.9 Å². The Hall–Kier alpha value is -1.50. The van der Waals surface area contributed by atoms with Gasteiger partial charge in [0.05, 0.1) is 10.6 Å². The fourth-order valence-electron chi connectivity index (χ4n) is 1.87. The highest BCUT2D eigenvalue weighted by atomic mass is 32.2. The normalized spacial score (nSPS) is 22.7. The SMILES string of the molecule is CN1N=C(C(C)(C)C)C(=C2C(=O)OC(C)(C)OC2=O)S1. The largest absolute Gasteiger partial charge is 0.419 e. The summed E-state index contributed by atoms with van der Waals surface area (Å²) in [5, 5.41) is 4.36. The summed E-state index contributed by atoms with van der Waals surface area (Å²) in [6.07, 6.45) is 0. The van der Waals surface area contributed by atoms with E-state index in [1.165, 1.54) is 25.8 Å². The maximum Gasteiger partial charge on any atom is 0.350 e. The highest BCUT2D eigenvalue weighted by Gasteiger charge is 2.44. The number of hydrazone groups is 1. The summed E-state index contributed by atoms with van der Waals surface area (Å²) >= 11 is 1.22. The summed E-state index contributed by atoms with van der Waals surface area (Å²) in [5.41, 5.74) is 0.300. The number of rotatable bonds is 0. The zero-order chi connectivity index (χ0) is 15.3. The second-order valence-corrected chi connectivity index (χ2v) is 7.26. The first-order valence-corrected chi connectivity index (χ1v) is 7.01. The molecule has 1 fully saturated rings. The molecule has 2 aliphatic rings. The van der Waals surface area contributed by atoms with Crippen molar-refractivity contribution >= 4 is 29.6 Å². The van der Waals surface area contributed by atoms with Crippen LogP contribution in [-0.4, -0.2) is 34.9 Å². The van der Waals surface area contributed by atoms with E-state index in [1.807, 2.05) is 20.8 Å². The van der Waals surface area contributed by atoms with Crippen molar-refractivity contribution < 1.29 is 19.1 Å². The number of nitrogens with zero attached hydrogens (tertiary/aromatic N) is 2. The molecule has 0 atom stereocenters. The van der Waals surface area contributed by atoms with Gasteiger partial charge in [-0.15, -0.1) is 0 Å². The van der Waals surface area contributed by atoms with E-state index in [2.05, 4.69) is 5.10 Å². The quantitative estimate of drug-likeness (QED) is 0.295. The van der Waals surface area contributed by atoms with Gasteiger partial charge in [-0.2, -0.15) is 5.10 Å². The molecule has 0 aliphatic carbocycles. The minimum Gasteiger partial charge on any atom is -0.419 e. The number of ether oxygens (including phenoxy) is 2. The lowest BCUT2D eigenvalue weighted by Crippen LogP contribution is -2.43. The monoisotopic (exact) mass is 298 g/mol. The Balaban J connectivity index is 2.50. The average Bonchev–Trinajstić information content (AvgIpc) is 2.56. The van der Waals surface area contributed by atoms with Crippen LogP contribution in [-0.2, 0) is 19.1 Å². The van der Waals surface area contributed by atoms with Gasteiger partial charge in [-0.3, -0.25) is 0 Å². The van der Waals surface area contributed by atoms with Crippen molar-refractivity contribution in [3.63, 3.8) is 0 Å². The second kappa shape index (κ2) is 4.51. The molecule has 0 saturated carbocycles. The highest BCUT2D eigenvalue weighted by Crippen LogP contribution is 2.40. The molecule has 0 N–H and O–H groups in total. The maximum atomic E-state index is 12.1. The van der Waals surface area contributed by atoms with Crippen LogP contribution in [0, 0.1) is 5.41 Å². The van der Waals surface area contributed by atoms with E-state index in [0.29, 0.717) is 10.6 Å². The van der Waals surface area contributed by atoms with Gasteiger partial charge in [0.2, 0.25) is 0 Å². The van der Waals surface area contributed by atoms with Crippen molar-refractivity contribution in [1.29, 1.82) is 0 Å². The van der Waals surface area contributed by atoms with Gasteiger partial charge in [0, 0.05) is 38.3 Å². The van der Waals surface area contributed by atoms with Crippen LogP contribution in [0.3, 0.4) is 0 Å². The number of allylic oxidation sites excluding steroid dienone is 1. The van der Waals surface area contributed by atoms with E-state index in [0.717, 1.165) is 0 Å². The van der Waals surface area contributed by atoms with Crippen LogP contribution in [0.2, 0.25) is 0 Å². The van der Waals surface area contributed by atoms with E-state index >= 15 is 0 Å². The fourth-order valence-corrected chi connectivity index (χ4v) is 2.95. The Labute approximate surface area is 122 Å². The molecular formula is C13H18N2O4S. The van der Waals surface area contributed by atoms with Gasteiger partial charge in [-0.25, -0.2) is 14.0 Å². The molecule has 0 unspecified atom stereocenters. The van der Waals surface area contributed by atoms with Crippen LogP contribution < -0.4 is 0 Å². The highest BCUT2D eigenvalue weighted by molar-refractivity contribution is 8.02. The molecule has 20 heavy (non-hydrogen) atoms. The second-order valence-electron chi connectivity index (χ2n) is 6.14. The molecule has 2 heterocycles. The van der Waals surface area contributed by atoms with Gasteiger partial charge in [0.15, 0.2) is 5.57 Å². The molecule has 1 saturated heterocycles. The molecule has 2 aliphatic heterocycles.